The van der Waals surface area contributed by atoms with Crippen molar-refractivity contribution in [3.8, 4) is 0 Å². The second-order valence-electron chi connectivity index (χ2n) is 8.84. The third kappa shape index (κ3) is 11.4. The van der Waals surface area contributed by atoms with Crippen LogP contribution in [0.25, 0.3) is 0 Å². The van der Waals surface area contributed by atoms with E-state index < -0.39 is 0 Å². The molecule has 0 spiro atoms. The lowest BCUT2D eigenvalue weighted by atomic mass is 9.85. The molecule has 0 aromatic rings. The van der Waals surface area contributed by atoms with E-state index in [-0.39, 0.29) is 28.3 Å². The summed E-state index contributed by atoms with van der Waals surface area (Å²) in [5.41, 5.74) is -0.325. The number of ketones is 1. The number of rotatable bonds is 18. The molecule has 1 atom stereocenters. The first-order chi connectivity index (χ1) is 12.4. The van der Waals surface area contributed by atoms with E-state index in [4.69, 9.17) is 0 Å². The van der Waals surface area contributed by atoms with E-state index in [9.17, 15) is 4.79 Å². The van der Waals surface area contributed by atoms with Gasteiger partial charge < -0.3 is 21.5 Å². The minimum absolute atomic E-state index is 0. The van der Waals surface area contributed by atoms with Gasteiger partial charge in [-0.05, 0) is 26.3 Å². The lowest BCUT2D eigenvalue weighted by Gasteiger charge is -2.44. The van der Waals surface area contributed by atoms with Crippen molar-refractivity contribution >= 4 is 5.78 Å². The SMILES string of the molecule is C=CC(=O)C(C)(CCCCCCCCCCCCCCC)[N+](C)(C)CC.[Br-]. The van der Waals surface area contributed by atoms with Crippen molar-refractivity contribution in [2.24, 2.45) is 0 Å². The minimum Gasteiger partial charge on any atom is -1.00 e. The molecule has 0 fully saturated rings. The lowest BCUT2D eigenvalue weighted by molar-refractivity contribution is -0.927. The third-order valence-electron chi connectivity index (χ3n) is 6.61. The first-order valence-electron chi connectivity index (χ1n) is 11.4. The summed E-state index contributed by atoms with van der Waals surface area (Å²) in [5.74, 6) is 0.197. The maximum Gasteiger partial charge on any atom is 0.214 e. The van der Waals surface area contributed by atoms with Gasteiger partial charge in [0.15, 0.2) is 5.54 Å². The predicted molar refractivity (Wildman–Crippen MR) is 117 cm³/mol. The second-order valence-corrected chi connectivity index (χ2v) is 8.84. The Kier molecular flexibility index (Phi) is 18.0. The van der Waals surface area contributed by atoms with Crippen molar-refractivity contribution < 1.29 is 26.3 Å². The van der Waals surface area contributed by atoms with Gasteiger partial charge in [-0.15, -0.1) is 0 Å². The maximum atomic E-state index is 12.5. The Bertz CT molecular complexity index is 381. The van der Waals surface area contributed by atoms with Crippen LogP contribution >= 0.6 is 0 Å². The van der Waals surface area contributed by atoms with Gasteiger partial charge in [0, 0.05) is 6.42 Å². The fourth-order valence-corrected chi connectivity index (χ4v) is 3.78. The molecular weight excluding hydrogens is 398 g/mol. The number of halogens is 1. The highest BCUT2D eigenvalue weighted by atomic mass is 79.9. The Morgan fingerprint density at radius 2 is 1.19 bits per heavy atom. The van der Waals surface area contributed by atoms with Gasteiger partial charge in [-0.1, -0.05) is 90.6 Å². The normalized spacial score (nSPS) is 13.7. The summed E-state index contributed by atoms with van der Waals surface area (Å²) < 4.78 is 0.746. The molecule has 3 heteroatoms. The van der Waals surface area contributed by atoms with Crippen LogP contribution < -0.4 is 17.0 Å². The molecular formula is C24H48BrNO. The summed E-state index contributed by atoms with van der Waals surface area (Å²) in [5, 5.41) is 0. The van der Waals surface area contributed by atoms with Crippen LogP contribution in [0.3, 0.4) is 0 Å². The Balaban J connectivity index is 0. The second kappa shape index (κ2) is 16.8. The number of likely N-dealkylation sites (N-methyl/N-ethyl adjacent to an activating group) is 1. The van der Waals surface area contributed by atoms with E-state index >= 15 is 0 Å². The van der Waals surface area contributed by atoms with E-state index in [1.807, 2.05) is 0 Å². The summed E-state index contributed by atoms with van der Waals surface area (Å²) in [7, 11) is 4.34. The average molecular weight is 447 g/mol. The van der Waals surface area contributed by atoms with Gasteiger partial charge in [-0.2, -0.15) is 0 Å². The fourth-order valence-electron chi connectivity index (χ4n) is 3.78. The van der Waals surface area contributed by atoms with E-state index in [0.29, 0.717) is 0 Å². The van der Waals surface area contributed by atoms with Gasteiger partial charge in [-0.3, -0.25) is 4.79 Å². The van der Waals surface area contributed by atoms with E-state index in [1.165, 1.54) is 83.1 Å². The molecule has 0 saturated heterocycles. The van der Waals surface area contributed by atoms with Gasteiger partial charge >= 0.3 is 0 Å². The van der Waals surface area contributed by atoms with Gasteiger partial charge in [0.25, 0.3) is 0 Å². The summed E-state index contributed by atoms with van der Waals surface area (Å²) >= 11 is 0. The lowest BCUT2D eigenvalue weighted by Crippen LogP contribution is -3.00. The van der Waals surface area contributed by atoms with Crippen LogP contribution in [-0.4, -0.2) is 36.4 Å². The van der Waals surface area contributed by atoms with E-state index in [0.717, 1.165) is 23.9 Å². The summed E-state index contributed by atoms with van der Waals surface area (Å²) in [6.45, 7) is 11.3. The maximum absolute atomic E-state index is 12.5. The van der Waals surface area contributed by atoms with Crippen molar-refractivity contribution in [1.82, 2.24) is 0 Å². The van der Waals surface area contributed by atoms with Crippen molar-refractivity contribution in [1.29, 1.82) is 0 Å². The third-order valence-corrected chi connectivity index (χ3v) is 6.61. The van der Waals surface area contributed by atoms with Crippen molar-refractivity contribution in [3.63, 3.8) is 0 Å². The molecule has 0 N–H and O–H groups in total. The monoisotopic (exact) mass is 445 g/mol. The zero-order valence-electron chi connectivity index (χ0n) is 19.1. The van der Waals surface area contributed by atoms with Gasteiger partial charge in [-0.25, -0.2) is 0 Å². The molecule has 27 heavy (non-hydrogen) atoms. The Morgan fingerprint density at radius 3 is 1.52 bits per heavy atom. The van der Waals surface area contributed by atoms with Crippen LogP contribution in [0.2, 0.25) is 0 Å². The van der Waals surface area contributed by atoms with Gasteiger partial charge in [0.1, 0.15) is 0 Å². The number of quaternary nitrogens is 1. The predicted octanol–water partition coefficient (Wildman–Crippen LogP) is 4.08. The molecule has 0 amide bonds. The molecule has 1 unspecified atom stereocenters. The standard InChI is InChI=1S/C24H48NO.BrH/c1-7-10-11-12-13-14-15-16-17-18-19-20-21-22-24(4,23(26)8-2)25(5,6)9-3;/h8H,2,7,9-22H2,1,3-6H3;1H/q+1;/p-1. The zero-order chi connectivity index (χ0) is 19.9. The molecule has 0 radical (unpaired) electrons. The van der Waals surface area contributed by atoms with Crippen molar-refractivity contribution in [2.75, 3.05) is 20.6 Å². The van der Waals surface area contributed by atoms with E-state index in [1.54, 1.807) is 0 Å². The molecule has 0 aromatic carbocycles. The van der Waals surface area contributed by atoms with Crippen molar-refractivity contribution in [3.05, 3.63) is 12.7 Å². The largest absolute Gasteiger partial charge is 1.00 e. The summed E-state index contributed by atoms with van der Waals surface area (Å²) in [6, 6.07) is 0. The molecule has 0 bridgehead atoms. The molecule has 2 nitrogen and oxygen atoms in total. The molecule has 0 rings (SSSR count). The summed E-state index contributed by atoms with van der Waals surface area (Å²) in [4.78, 5) is 12.5. The first kappa shape index (κ1) is 29.1. The molecule has 0 aliphatic carbocycles. The zero-order valence-corrected chi connectivity index (χ0v) is 20.7. The molecule has 162 valence electrons. The molecule has 0 saturated carbocycles. The van der Waals surface area contributed by atoms with Gasteiger partial charge in [0.05, 0.1) is 20.6 Å². The Labute approximate surface area is 181 Å². The van der Waals surface area contributed by atoms with Crippen LogP contribution in [0.15, 0.2) is 12.7 Å². The number of hydrogen-bond donors (Lipinski definition) is 0. The highest BCUT2D eigenvalue weighted by Crippen LogP contribution is 2.29. The van der Waals surface area contributed by atoms with Crippen LogP contribution in [0.5, 0.6) is 0 Å². The molecule has 0 aliphatic rings. The summed E-state index contributed by atoms with van der Waals surface area (Å²) in [6.07, 6.45) is 20.2. The van der Waals surface area contributed by atoms with Crippen LogP contribution in [0, 0.1) is 0 Å². The number of unbranched alkanes of at least 4 members (excludes halogenated alkanes) is 12. The van der Waals surface area contributed by atoms with Crippen molar-refractivity contribution in [2.45, 2.75) is 116 Å². The Hall–Kier alpha value is -0.150. The molecule has 0 aliphatic heterocycles. The molecule has 0 heterocycles. The van der Waals surface area contributed by atoms with Gasteiger partial charge in [0.2, 0.25) is 5.78 Å². The molecule has 0 aromatic heterocycles. The average Bonchev–Trinajstić information content (AvgIpc) is 2.64. The first-order valence-corrected chi connectivity index (χ1v) is 11.4. The number of nitrogens with zero attached hydrogens (tertiary/aromatic N) is 1. The minimum atomic E-state index is -0.325. The highest BCUT2D eigenvalue weighted by molar-refractivity contribution is 5.96. The number of hydrogen-bond acceptors (Lipinski definition) is 1. The highest BCUT2D eigenvalue weighted by Gasteiger charge is 2.44. The van der Waals surface area contributed by atoms with Crippen LogP contribution in [-0.2, 0) is 4.79 Å². The van der Waals surface area contributed by atoms with E-state index in [2.05, 4.69) is 41.4 Å². The Morgan fingerprint density at radius 1 is 0.815 bits per heavy atom. The number of carbonyl (C=O) groups excluding carboxylic acids is 1. The smallest absolute Gasteiger partial charge is 0.214 e. The topological polar surface area (TPSA) is 17.1 Å². The van der Waals surface area contributed by atoms with Crippen LogP contribution in [0.1, 0.15) is 111 Å². The number of carbonyl (C=O) groups is 1. The van der Waals surface area contributed by atoms with Crippen LogP contribution in [0.4, 0.5) is 0 Å². The fraction of sp³-hybridized carbons (Fsp3) is 0.875. The quantitative estimate of drug-likeness (QED) is 0.176.